The molecule has 0 atom stereocenters. The van der Waals surface area contributed by atoms with Gasteiger partial charge in [-0.1, -0.05) is 26.0 Å². The maximum atomic E-state index is 5.53. The number of hydrogen-bond donors (Lipinski definition) is 1. The first kappa shape index (κ1) is 14.0. The highest BCUT2D eigenvalue weighted by Crippen LogP contribution is 2.25. The van der Waals surface area contributed by atoms with Gasteiger partial charge >= 0.3 is 0 Å². The number of anilines is 1. The van der Waals surface area contributed by atoms with Crippen LogP contribution in [-0.2, 0) is 0 Å². The summed E-state index contributed by atoms with van der Waals surface area (Å²) in [4.78, 5) is 2.34. The molecule has 0 aliphatic heterocycles. The average molecular weight is 234 g/mol. The van der Waals surface area contributed by atoms with Gasteiger partial charge in [0.15, 0.2) is 0 Å². The third-order valence-corrected chi connectivity index (χ3v) is 3.26. The lowest BCUT2D eigenvalue weighted by molar-refractivity contribution is 0.726. The van der Waals surface area contributed by atoms with Crippen molar-refractivity contribution in [1.29, 1.82) is 0 Å². The zero-order valence-electron chi connectivity index (χ0n) is 11.7. The minimum absolute atomic E-state index is 0.590. The van der Waals surface area contributed by atoms with E-state index in [1.165, 1.54) is 23.2 Å². The molecule has 17 heavy (non-hydrogen) atoms. The van der Waals surface area contributed by atoms with Crippen LogP contribution in [-0.4, -0.2) is 20.1 Å². The van der Waals surface area contributed by atoms with Gasteiger partial charge in [-0.05, 0) is 49.4 Å². The molecule has 1 aromatic rings. The second-order valence-corrected chi connectivity index (χ2v) is 5.12. The second kappa shape index (κ2) is 6.65. The largest absolute Gasteiger partial charge is 0.374 e. The van der Waals surface area contributed by atoms with Gasteiger partial charge in [0, 0.05) is 19.3 Å². The van der Waals surface area contributed by atoms with Gasteiger partial charge in [-0.2, -0.15) is 0 Å². The van der Waals surface area contributed by atoms with Gasteiger partial charge in [0.05, 0.1) is 0 Å². The summed E-state index contributed by atoms with van der Waals surface area (Å²) in [7, 11) is 2.17. The van der Waals surface area contributed by atoms with Crippen LogP contribution in [0.3, 0.4) is 0 Å². The van der Waals surface area contributed by atoms with Crippen LogP contribution in [0.2, 0.25) is 0 Å². The first-order valence-corrected chi connectivity index (χ1v) is 6.58. The van der Waals surface area contributed by atoms with Crippen molar-refractivity contribution in [3.63, 3.8) is 0 Å². The number of nitrogens with two attached hydrogens (primary N) is 1. The maximum absolute atomic E-state index is 5.53. The number of nitrogens with zero attached hydrogens (tertiary/aromatic N) is 1. The fourth-order valence-corrected chi connectivity index (χ4v) is 2.01. The van der Waals surface area contributed by atoms with Gasteiger partial charge in [-0.15, -0.1) is 0 Å². The van der Waals surface area contributed by atoms with Crippen LogP contribution in [0.15, 0.2) is 18.2 Å². The molecule has 0 aliphatic carbocycles. The van der Waals surface area contributed by atoms with Crippen molar-refractivity contribution >= 4 is 5.69 Å². The van der Waals surface area contributed by atoms with E-state index in [-0.39, 0.29) is 0 Å². The van der Waals surface area contributed by atoms with Crippen LogP contribution < -0.4 is 10.6 Å². The first-order valence-electron chi connectivity index (χ1n) is 6.58. The van der Waals surface area contributed by atoms with Gasteiger partial charge in [0.25, 0.3) is 0 Å². The smallest absolute Gasteiger partial charge is 0.0396 e. The van der Waals surface area contributed by atoms with Crippen molar-refractivity contribution in [3.8, 4) is 0 Å². The molecule has 0 unspecified atom stereocenters. The molecule has 0 aromatic heterocycles. The topological polar surface area (TPSA) is 29.3 Å². The van der Waals surface area contributed by atoms with Gasteiger partial charge in [0.2, 0.25) is 0 Å². The lowest BCUT2D eigenvalue weighted by Gasteiger charge is -2.23. The number of hydrogen-bond acceptors (Lipinski definition) is 2. The van der Waals surface area contributed by atoms with Crippen LogP contribution in [0.5, 0.6) is 0 Å². The molecule has 1 rings (SSSR count). The summed E-state index contributed by atoms with van der Waals surface area (Å²) in [6, 6.07) is 6.78. The Morgan fingerprint density at radius 3 is 2.53 bits per heavy atom. The van der Waals surface area contributed by atoms with Crippen LogP contribution in [0.25, 0.3) is 0 Å². The molecule has 96 valence electrons. The molecule has 0 fully saturated rings. The number of rotatable bonds is 6. The Morgan fingerprint density at radius 1 is 1.24 bits per heavy atom. The highest BCUT2D eigenvalue weighted by atomic mass is 15.1. The monoisotopic (exact) mass is 234 g/mol. The number of aryl methyl sites for hydroxylation is 1. The van der Waals surface area contributed by atoms with Gasteiger partial charge in [-0.25, -0.2) is 0 Å². The molecule has 0 amide bonds. The highest BCUT2D eigenvalue weighted by Gasteiger charge is 2.07. The van der Waals surface area contributed by atoms with Crippen LogP contribution in [0.1, 0.15) is 43.7 Å². The lowest BCUT2D eigenvalue weighted by Crippen LogP contribution is -2.20. The van der Waals surface area contributed by atoms with Crippen LogP contribution >= 0.6 is 0 Å². The zero-order valence-corrected chi connectivity index (χ0v) is 11.7. The molecule has 0 bridgehead atoms. The van der Waals surface area contributed by atoms with Crippen LogP contribution in [0.4, 0.5) is 5.69 Å². The SMILES string of the molecule is Cc1ccc(C(C)C)cc1N(C)CCCCN. The lowest BCUT2D eigenvalue weighted by atomic mass is 10.00. The van der Waals surface area contributed by atoms with Crippen molar-refractivity contribution < 1.29 is 0 Å². The Balaban J connectivity index is 2.77. The highest BCUT2D eigenvalue weighted by molar-refractivity contribution is 5.54. The molecule has 2 nitrogen and oxygen atoms in total. The van der Waals surface area contributed by atoms with Gasteiger partial charge < -0.3 is 10.6 Å². The van der Waals surface area contributed by atoms with E-state index in [2.05, 4.69) is 50.9 Å². The molecule has 2 heteroatoms. The van der Waals surface area contributed by atoms with Crippen molar-refractivity contribution in [3.05, 3.63) is 29.3 Å². The fraction of sp³-hybridized carbons (Fsp3) is 0.600. The van der Waals surface area contributed by atoms with E-state index in [0.29, 0.717) is 5.92 Å². The van der Waals surface area contributed by atoms with E-state index in [4.69, 9.17) is 5.73 Å². The molecule has 0 saturated heterocycles. The Bertz CT molecular complexity index is 345. The molecular weight excluding hydrogens is 208 g/mol. The van der Waals surface area contributed by atoms with Gasteiger partial charge in [0.1, 0.15) is 0 Å². The van der Waals surface area contributed by atoms with E-state index in [1.807, 2.05) is 0 Å². The number of benzene rings is 1. The van der Waals surface area contributed by atoms with Crippen molar-refractivity contribution in [2.75, 3.05) is 25.0 Å². The predicted molar refractivity (Wildman–Crippen MR) is 76.8 cm³/mol. The minimum Gasteiger partial charge on any atom is -0.374 e. The maximum Gasteiger partial charge on any atom is 0.0396 e. The molecule has 0 radical (unpaired) electrons. The van der Waals surface area contributed by atoms with Crippen LogP contribution in [0, 0.1) is 6.92 Å². The molecule has 0 spiro atoms. The normalized spacial score (nSPS) is 10.9. The molecule has 0 aliphatic rings. The molecule has 0 saturated carbocycles. The summed E-state index contributed by atoms with van der Waals surface area (Å²) in [5.74, 6) is 0.590. The second-order valence-electron chi connectivity index (χ2n) is 5.12. The molecule has 0 heterocycles. The zero-order chi connectivity index (χ0) is 12.8. The fourth-order valence-electron chi connectivity index (χ4n) is 2.01. The summed E-state index contributed by atoms with van der Waals surface area (Å²) in [6.45, 7) is 8.53. The minimum atomic E-state index is 0.590. The van der Waals surface area contributed by atoms with E-state index in [9.17, 15) is 0 Å². The molecular formula is C15H26N2. The average Bonchev–Trinajstić information content (AvgIpc) is 2.29. The first-order chi connectivity index (χ1) is 8.06. The third-order valence-electron chi connectivity index (χ3n) is 3.26. The Morgan fingerprint density at radius 2 is 1.94 bits per heavy atom. The number of unbranched alkanes of at least 4 members (excludes halogenated alkanes) is 1. The van der Waals surface area contributed by atoms with E-state index in [0.717, 1.165) is 19.5 Å². The summed E-state index contributed by atoms with van der Waals surface area (Å²) >= 11 is 0. The third kappa shape index (κ3) is 4.04. The van der Waals surface area contributed by atoms with Gasteiger partial charge in [-0.3, -0.25) is 0 Å². The Hall–Kier alpha value is -1.02. The van der Waals surface area contributed by atoms with Crippen molar-refractivity contribution in [2.24, 2.45) is 5.73 Å². The summed E-state index contributed by atoms with van der Waals surface area (Å²) in [5.41, 5.74) is 9.65. The molecule has 1 aromatic carbocycles. The quantitative estimate of drug-likeness (QED) is 0.765. The van der Waals surface area contributed by atoms with E-state index >= 15 is 0 Å². The summed E-state index contributed by atoms with van der Waals surface area (Å²) in [5, 5.41) is 0. The molecule has 2 N–H and O–H groups in total. The van der Waals surface area contributed by atoms with E-state index in [1.54, 1.807) is 0 Å². The van der Waals surface area contributed by atoms with Crippen molar-refractivity contribution in [2.45, 2.75) is 39.5 Å². The van der Waals surface area contributed by atoms with E-state index < -0.39 is 0 Å². The summed E-state index contributed by atoms with van der Waals surface area (Å²) < 4.78 is 0. The predicted octanol–water partition coefficient (Wildman–Crippen LogP) is 3.29. The summed E-state index contributed by atoms with van der Waals surface area (Å²) in [6.07, 6.45) is 2.27. The Labute approximate surface area is 106 Å². The van der Waals surface area contributed by atoms with Crippen molar-refractivity contribution in [1.82, 2.24) is 0 Å². The Kier molecular flexibility index (Phi) is 5.49. The standard InChI is InChI=1S/C15H26N2/c1-12(2)14-8-7-13(3)15(11-14)17(4)10-6-5-9-16/h7-8,11-12H,5-6,9-10,16H2,1-4H3.